The summed E-state index contributed by atoms with van der Waals surface area (Å²) in [5, 5.41) is 14.0. The highest BCUT2D eigenvalue weighted by Crippen LogP contribution is 2.25. The molecule has 0 aliphatic heterocycles. The Bertz CT molecular complexity index is 580. The quantitative estimate of drug-likeness (QED) is 0.641. The summed E-state index contributed by atoms with van der Waals surface area (Å²) in [7, 11) is 0. The van der Waals surface area contributed by atoms with E-state index in [1.54, 1.807) is 6.07 Å². The molecule has 1 atom stereocenters. The van der Waals surface area contributed by atoms with Crippen LogP contribution in [-0.4, -0.2) is 11.5 Å². The molecule has 2 aromatic rings. The number of likely N-dealkylation sites (N-methyl/N-ethyl adjacent to an activating group) is 1. The van der Waals surface area contributed by atoms with Crippen LogP contribution < -0.4 is 5.32 Å². The normalized spacial score (nSPS) is 12.3. The molecule has 0 aliphatic rings. The Balaban J connectivity index is 2.17. The van der Waals surface area contributed by atoms with Crippen LogP contribution in [0.2, 0.25) is 0 Å². The second-order valence-corrected chi connectivity index (χ2v) is 5.29. The van der Waals surface area contributed by atoms with Crippen LogP contribution in [0, 0.1) is 10.1 Å². The van der Waals surface area contributed by atoms with E-state index < -0.39 is 4.92 Å². The SMILES string of the molecule is CCNC(Cc1ccc(Br)cc1)c1ccc([N+](=O)[O-])o1. The summed E-state index contributed by atoms with van der Waals surface area (Å²) in [6, 6.07) is 11.0. The Morgan fingerprint density at radius 3 is 2.55 bits per heavy atom. The predicted molar refractivity (Wildman–Crippen MR) is 79.6 cm³/mol. The van der Waals surface area contributed by atoms with Crippen LogP contribution in [0.5, 0.6) is 0 Å². The van der Waals surface area contributed by atoms with E-state index in [4.69, 9.17) is 4.42 Å². The molecule has 6 heteroatoms. The molecule has 20 heavy (non-hydrogen) atoms. The highest BCUT2D eigenvalue weighted by molar-refractivity contribution is 9.10. The van der Waals surface area contributed by atoms with Crippen LogP contribution in [0.3, 0.4) is 0 Å². The molecule has 0 spiro atoms. The summed E-state index contributed by atoms with van der Waals surface area (Å²) in [5.74, 6) is 0.361. The van der Waals surface area contributed by atoms with Crippen molar-refractivity contribution >= 4 is 21.8 Å². The van der Waals surface area contributed by atoms with E-state index in [2.05, 4.69) is 21.2 Å². The molecule has 1 N–H and O–H groups in total. The van der Waals surface area contributed by atoms with Crippen molar-refractivity contribution < 1.29 is 9.34 Å². The van der Waals surface area contributed by atoms with Crippen molar-refractivity contribution in [1.29, 1.82) is 0 Å². The lowest BCUT2D eigenvalue weighted by molar-refractivity contribution is -0.402. The second kappa shape index (κ2) is 6.67. The van der Waals surface area contributed by atoms with Gasteiger partial charge in [-0.1, -0.05) is 35.0 Å². The number of hydrogen-bond donors (Lipinski definition) is 1. The third-order valence-corrected chi connectivity index (χ3v) is 3.47. The topological polar surface area (TPSA) is 68.3 Å². The van der Waals surface area contributed by atoms with Gasteiger partial charge in [0.15, 0.2) is 0 Å². The first-order chi connectivity index (χ1) is 9.60. The van der Waals surface area contributed by atoms with Gasteiger partial charge in [-0.15, -0.1) is 0 Å². The molecule has 0 saturated carbocycles. The minimum absolute atomic E-state index is 0.0742. The van der Waals surface area contributed by atoms with E-state index in [-0.39, 0.29) is 11.9 Å². The Hall–Kier alpha value is -1.66. The number of hydrogen-bond acceptors (Lipinski definition) is 4. The van der Waals surface area contributed by atoms with Crippen LogP contribution in [0.25, 0.3) is 0 Å². The fourth-order valence-corrected chi connectivity index (χ4v) is 2.27. The summed E-state index contributed by atoms with van der Waals surface area (Å²) >= 11 is 3.40. The average molecular weight is 339 g/mol. The standard InChI is InChI=1S/C14H15BrN2O3/c1-2-16-12(9-10-3-5-11(15)6-4-10)13-7-8-14(20-13)17(18)19/h3-8,12,16H,2,9H2,1H3. The van der Waals surface area contributed by atoms with Gasteiger partial charge in [-0.05, 0) is 36.7 Å². The summed E-state index contributed by atoms with van der Waals surface area (Å²) in [5.41, 5.74) is 1.14. The zero-order valence-corrected chi connectivity index (χ0v) is 12.6. The molecule has 0 fully saturated rings. The van der Waals surface area contributed by atoms with Crippen molar-refractivity contribution in [3.63, 3.8) is 0 Å². The van der Waals surface area contributed by atoms with Crippen LogP contribution in [-0.2, 0) is 6.42 Å². The fourth-order valence-electron chi connectivity index (χ4n) is 2.00. The maximum absolute atomic E-state index is 10.7. The number of rotatable bonds is 6. The Kier molecular flexibility index (Phi) is 4.92. The minimum Gasteiger partial charge on any atom is -0.404 e. The van der Waals surface area contributed by atoms with Crippen molar-refractivity contribution in [2.75, 3.05) is 6.54 Å². The lowest BCUT2D eigenvalue weighted by atomic mass is 10.0. The molecular weight excluding hydrogens is 324 g/mol. The van der Waals surface area contributed by atoms with Crippen molar-refractivity contribution in [3.8, 4) is 0 Å². The van der Waals surface area contributed by atoms with Gasteiger partial charge in [0.1, 0.15) is 10.7 Å². The van der Waals surface area contributed by atoms with Gasteiger partial charge >= 0.3 is 5.88 Å². The number of benzene rings is 1. The summed E-state index contributed by atoms with van der Waals surface area (Å²) < 4.78 is 6.31. The van der Waals surface area contributed by atoms with Crippen LogP contribution in [0.1, 0.15) is 24.3 Å². The van der Waals surface area contributed by atoms with E-state index in [1.807, 2.05) is 31.2 Å². The van der Waals surface area contributed by atoms with E-state index >= 15 is 0 Å². The van der Waals surface area contributed by atoms with Crippen LogP contribution >= 0.6 is 15.9 Å². The maximum Gasteiger partial charge on any atom is 0.433 e. The van der Waals surface area contributed by atoms with E-state index in [0.717, 1.165) is 16.6 Å². The largest absolute Gasteiger partial charge is 0.433 e. The van der Waals surface area contributed by atoms with E-state index in [9.17, 15) is 10.1 Å². The van der Waals surface area contributed by atoms with Crippen LogP contribution in [0.4, 0.5) is 5.88 Å². The van der Waals surface area contributed by atoms with Gasteiger partial charge < -0.3 is 9.73 Å². The third kappa shape index (κ3) is 3.68. The third-order valence-electron chi connectivity index (χ3n) is 2.94. The molecule has 1 aromatic heterocycles. The molecule has 106 valence electrons. The maximum atomic E-state index is 10.7. The highest BCUT2D eigenvalue weighted by Gasteiger charge is 2.19. The number of nitro groups is 1. The van der Waals surface area contributed by atoms with Crippen LogP contribution in [0.15, 0.2) is 45.3 Å². The number of nitrogens with one attached hydrogen (secondary N) is 1. The first kappa shape index (κ1) is 14.7. The van der Waals surface area contributed by atoms with Gasteiger partial charge in [0, 0.05) is 4.47 Å². The number of halogens is 1. The molecule has 0 aliphatic carbocycles. The Morgan fingerprint density at radius 2 is 2.00 bits per heavy atom. The van der Waals surface area contributed by atoms with Crippen molar-refractivity contribution in [2.45, 2.75) is 19.4 Å². The van der Waals surface area contributed by atoms with E-state index in [1.165, 1.54) is 6.07 Å². The first-order valence-electron chi connectivity index (χ1n) is 6.32. The van der Waals surface area contributed by atoms with Crippen molar-refractivity contribution in [1.82, 2.24) is 5.32 Å². The van der Waals surface area contributed by atoms with Gasteiger partial charge in [0.25, 0.3) is 0 Å². The van der Waals surface area contributed by atoms with Gasteiger partial charge in [0.05, 0.1) is 12.1 Å². The minimum atomic E-state index is -0.522. The van der Waals surface area contributed by atoms with Gasteiger partial charge in [-0.3, -0.25) is 10.1 Å². The van der Waals surface area contributed by atoms with Crippen molar-refractivity contribution in [2.24, 2.45) is 0 Å². The van der Waals surface area contributed by atoms with Gasteiger partial charge in [-0.2, -0.15) is 0 Å². The summed E-state index contributed by atoms with van der Waals surface area (Å²) in [6.45, 7) is 2.75. The lowest BCUT2D eigenvalue weighted by Gasteiger charge is -2.15. The average Bonchev–Trinajstić information content (AvgIpc) is 2.90. The first-order valence-corrected chi connectivity index (χ1v) is 7.11. The molecule has 0 radical (unpaired) electrons. The molecule has 0 amide bonds. The molecule has 1 heterocycles. The molecule has 2 rings (SSSR count). The lowest BCUT2D eigenvalue weighted by Crippen LogP contribution is -2.22. The summed E-state index contributed by atoms with van der Waals surface area (Å²) in [6.07, 6.45) is 0.714. The molecule has 0 bridgehead atoms. The second-order valence-electron chi connectivity index (χ2n) is 4.37. The molecule has 1 unspecified atom stereocenters. The molecule has 1 aromatic carbocycles. The Morgan fingerprint density at radius 1 is 1.30 bits per heavy atom. The zero-order chi connectivity index (χ0) is 14.5. The number of nitrogens with zero attached hydrogens (tertiary/aromatic N) is 1. The fraction of sp³-hybridized carbons (Fsp3) is 0.286. The predicted octanol–water partition coefficient (Wildman–Crippen LogP) is 3.84. The molecule has 5 nitrogen and oxygen atoms in total. The van der Waals surface area contributed by atoms with Gasteiger partial charge in [-0.25, -0.2) is 0 Å². The molecular formula is C14H15BrN2O3. The molecule has 0 saturated heterocycles. The Labute approximate surface area is 125 Å². The summed E-state index contributed by atoms with van der Waals surface area (Å²) in [4.78, 5) is 10.2. The monoisotopic (exact) mass is 338 g/mol. The zero-order valence-electron chi connectivity index (χ0n) is 11.0. The smallest absolute Gasteiger partial charge is 0.404 e. The van der Waals surface area contributed by atoms with Crippen molar-refractivity contribution in [3.05, 3.63) is 62.3 Å². The van der Waals surface area contributed by atoms with E-state index in [0.29, 0.717) is 12.2 Å². The number of furan rings is 1. The highest BCUT2D eigenvalue weighted by atomic mass is 79.9. The van der Waals surface area contributed by atoms with Gasteiger partial charge in [0.2, 0.25) is 0 Å².